The Bertz CT molecular complexity index is 705. The lowest BCUT2D eigenvalue weighted by Gasteiger charge is -2.27. The first-order valence-electron chi connectivity index (χ1n) is 7.68. The molecule has 0 spiro atoms. The number of aryl methyl sites for hydroxylation is 3. The number of hydrogen-bond donors (Lipinski definition) is 1. The van der Waals surface area contributed by atoms with Crippen LogP contribution in [0, 0.1) is 13.8 Å². The zero-order chi connectivity index (χ0) is 15.7. The number of carbonyl (C=O) groups excluding carboxylic acids is 1. The van der Waals surface area contributed by atoms with Crippen molar-refractivity contribution in [3.63, 3.8) is 0 Å². The number of nitrogens with one attached hydrogen (secondary N) is 1. The first-order valence-corrected chi connectivity index (χ1v) is 7.68. The molecule has 1 amide bonds. The van der Waals surface area contributed by atoms with Crippen molar-refractivity contribution in [1.82, 2.24) is 9.78 Å². The van der Waals surface area contributed by atoms with Gasteiger partial charge in [-0.3, -0.25) is 9.48 Å². The lowest BCUT2D eigenvalue weighted by Crippen LogP contribution is -2.25. The molecule has 0 saturated heterocycles. The first-order chi connectivity index (χ1) is 10.5. The molecule has 1 aromatic heterocycles. The van der Waals surface area contributed by atoms with Crippen LogP contribution in [0.2, 0.25) is 0 Å². The SMILES string of the molecule is Cc1cc(C)n(CC(=O)Nc2ccc3c(c2)CCCN3C)n1. The molecule has 0 fully saturated rings. The van der Waals surface area contributed by atoms with Gasteiger partial charge in [0, 0.05) is 30.7 Å². The van der Waals surface area contributed by atoms with Gasteiger partial charge in [0.1, 0.15) is 6.54 Å². The standard InChI is InChI=1S/C17H22N4O/c1-12-9-13(2)21(19-12)11-17(22)18-15-6-7-16-14(10-15)5-4-8-20(16)3/h6-7,9-10H,4-5,8,11H2,1-3H3,(H,18,22). The molecule has 0 unspecified atom stereocenters. The summed E-state index contributed by atoms with van der Waals surface area (Å²) in [5.74, 6) is -0.0460. The number of aromatic nitrogens is 2. The average molecular weight is 298 g/mol. The quantitative estimate of drug-likeness (QED) is 0.947. The minimum atomic E-state index is -0.0460. The Hall–Kier alpha value is -2.30. The van der Waals surface area contributed by atoms with Crippen LogP contribution in [0.1, 0.15) is 23.4 Å². The summed E-state index contributed by atoms with van der Waals surface area (Å²) < 4.78 is 1.73. The molecule has 2 heterocycles. The van der Waals surface area contributed by atoms with Gasteiger partial charge in [-0.2, -0.15) is 5.10 Å². The average Bonchev–Trinajstić information content (AvgIpc) is 2.76. The predicted molar refractivity (Wildman–Crippen MR) is 88.4 cm³/mol. The first kappa shape index (κ1) is 14.6. The van der Waals surface area contributed by atoms with Crippen LogP contribution in [0.15, 0.2) is 24.3 Å². The van der Waals surface area contributed by atoms with Crippen molar-refractivity contribution in [2.24, 2.45) is 0 Å². The van der Waals surface area contributed by atoms with Crippen molar-refractivity contribution in [3.05, 3.63) is 41.2 Å². The van der Waals surface area contributed by atoms with E-state index in [0.717, 1.165) is 36.5 Å². The summed E-state index contributed by atoms with van der Waals surface area (Å²) in [7, 11) is 2.11. The smallest absolute Gasteiger partial charge is 0.246 e. The van der Waals surface area contributed by atoms with Crippen molar-refractivity contribution >= 4 is 17.3 Å². The summed E-state index contributed by atoms with van der Waals surface area (Å²) in [6.07, 6.45) is 2.23. The molecular weight excluding hydrogens is 276 g/mol. The minimum Gasteiger partial charge on any atom is -0.374 e. The van der Waals surface area contributed by atoms with Gasteiger partial charge >= 0.3 is 0 Å². The maximum Gasteiger partial charge on any atom is 0.246 e. The van der Waals surface area contributed by atoms with E-state index in [9.17, 15) is 4.79 Å². The van der Waals surface area contributed by atoms with Crippen LogP contribution < -0.4 is 10.2 Å². The largest absolute Gasteiger partial charge is 0.374 e. The van der Waals surface area contributed by atoms with Crippen molar-refractivity contribution in [3.8, 4) is 0 Å². The molecular formula is C17H22N4O. The van der Waals surface area contributed by atoms with Crippen molar-refractivity contribution in [2.45, 2.75) is 33.2 Å². The van der Waals surface area contributed by atoms with E-state index in [1.165, 1.54) is 11.3 Å². The second-order valence-electron chi connectivity index (χ2n) is 6.00. The van der Waals surface area contributed by atoms with E-state index in [1.54, 1.807) is 4.68 Å². The summed E-state index contributed by atoms with van der Waals surface area (Å²) in [4.78, 5) is 14.5. The van der Waals surface area contributed by atoms with Gasteiger partial charge in [0.05, 0.1) is 5.69 Å². The summed E-state index contributed by atoms with van der Waals surface area (Å²) >= 11 is 0. The lowest BCUT2D eigenvalue weighted by atomic mass is 10.0. The zero-order valence-electron chi connectivity index (χ0n) is 13.4. The molecule has 2 aromatic rings. The molecule has 1 N–H and O–H groups in total. The third kappa shape index (κ3) is 2.98. The third-order valence-corrected chi connectivity index (χ3v) is 4.11. The Morgan fingerprint density at radius 1 is 1.32 bits per heavy atom. The number of benzene rings is 1. The van der Waals surface area contributed by atoms with E-state index in [4.69, 9.17) is 0 Å². The second kappa shape index (κ2) is 5.83. The van der Waals surface area contributed by atoms with Gasteiger partial charge in [0.2, 0.25) is 5.91 Å². The van der Waals surface area contributed by atoms with Gasteiger partial charge < -0.3 is 10.2 Å². The Balaban J connectivity index is 1.70. The zero-order valence-corrected chi connectivity index (χ0v) is 13.4. The highest BCUT2D eigenvalue weighted by molar-refractivity contribution is 5.91. The molecule has 1 aromatic carbocycles. The fraction of sp³-hybridized carbons (Fsp3) is 0.412. The van der Waals surface area contributed by atoms with E-state index in [1.807, 2.05) is 26.0 Å². The highest BCUT2D eigenvalue weighted by atomic mass is 16.2. The molecule has 3 rings (SSSR count). The maximum absolute atomic E-state index is 12.2. The second-order valence-corrected chi connectivity index (χ2v) is 6.00. The Labute approximate surface area is 130 Å². The van der Waals surface area contributed by atoms with Gasteiger partial charge in [-0.25, -0.2) is 0 Å². The third-order valence-electron chi connectivity index (χ3n) is 4.11. The molecule has 0 radical (unpaired) electrons. The number of hydrogen-bond acceptors (Lipinski definition) is 3. The number of nitrogens with zero attached hydrogens (tertiary/aromatic N) is 3. The molecule has 1 aliphatic rings. The fourth-order valence-corrected chi connectivity index (χ4v) is 3.03. The summed E-state index contributed by atoms with van der Waals surface area (Å²) in [6, 6.07) is 8.12. The molecule has 0 saturated carbocycles. The van der Waals surface area contributed by atoms with Crippen LogP contribution in [0.4, 0.5) is 11.4 Å². The Kier molecular flexibility index (Phi) is 3.88. The highest BCUT2D eigenvalue weighted by Gasteiger charge is 2.14. The van der Waals surface area contributed by atoms with Crippen molar-refractivity contribution in [1.29, 1.82) is 0 Å². The van der Waals surface area contributed by atoms with Crippen molar-refractivity contribution in [2.75, 3.05) is 23.8 Å². The van der Waals surface area contributed by atoms with E-state index in [-0.39, 0.29) is 12.5 Å². The molecule has 1 aliphatic heterocycles. The normalized spacial score (nSPS) is 13.9. The molecule has 22 heavy (non-hydrogen) atoms. The highest BCUT2D eigenvalue weighted by Crippen LogP contribution is 2.28. The van der Waals surface area contributed by atoms with Crippen LogP contribution in [0.25, 0.3) is 0 Å². The molecule has 0 aliphatic carbocycles. The van der Waals surface area contributed by atoms with E-state index >= 15 is 0 Å². The summed E-state index contributed by atoms with van der Waals surface area (Å²) in [5.41, 5.74) is 5.36. The van der Waals surface area contributed by atoms with Crippen molar-refractivity contribution < 1.29 is 4.79 Å². The fourth-order valence-electron chi connectivity index (χ4n) is 3.03. The number of amides is 1. The van der Waals surface area contributed by atoms with Gasteiger partial charge in [0.15, 0.2) is 0 Å². The minimum absolute atomic E-state index is 0.0460. The van der Waals surface area contributed by atoms with E-state index < -0.39 is 0 Å². The summed E-state index contributed by atoms with van der Waals surface area (Å²) in [5, 5.41) is 7.29. The topological polar surface area (TPSA) is 50.2 Å². The van der Waals surface area contributed by atoms with E-state index in [0.29, 0.717) is 0 Å². The molecule has 5 nitrogen and oxygen atoms in total. The Morgan fingerprint density at radius 3 is 2.86 bits per heavy atom. The maximum atomic E-state index is 12.2. The number of carbonyl (C=O) groups is 1. The van der Waals surface area contributed by atoms with Gasteiger partial charge in [0.25, 0.3) is 0 Å². The molecule has 0 atom stereocenters. The molecule has 0 bridgehead atoms. The molecule has 116 valence electrons. The van der Waals surface area contributed by atoms with Crippen LogP contribution in [0.5, 0.6) is 0 Å². The number of fused-ring (bicyclic) bond motifs is 1. The van der Waals surface area contributed by atoms with Gasteiger partial charge in [-0.1, -0.05) is 0 Å². The Morgan fingerprint density at radius 2 is 2.14 bits per heavy atom. The lowest BCUT2D eigenvalue weighted by molar-refractivity contribution is -0.116. The number of anilines is 2. The van der Waals surface area contributed by atoms with Gasteiger partial charge in [-0.15, -0.1) is 0 Å². The van der Waals surface area contributed by atoms with Crippen LogP contribution in [0.3, 0.4) is 0 Å². The predicted octanol–water partition coefficient (Wildman–Crippen LogP) is 2.52. The van der Waals surface area contributed by atoms with Crippen LogP contribution >= 0.6 is 0 Å². The number of rotatable bonds is 3. The van der Waals surface area contributed by atoms with Crippen LogP contribution in [-0.4, -0.2) is 29.3 Å². The van der Waals surface area contributed by atoms with Crippen LogP contribution in [-0.2, 0) is 17.8 Å². The van der Waals surface area contributed by atoms with Gasteiger partial charge in [-0.05, 0) is 56.5 Å². The monoisotopic (exact) mass is 298 g/mol. The summed E-state index contributed by atoms with van der Waals surface area (Å²) in [6.45, 7) is 5.23. The molecule has 5 heteroatoms. The van der Waals surface area contributed by atoms with E-state index in [2.05, 4.69) is 34.5 Å².